The number of thiazole rings is 1. The first-order chi connectivity index (χ1) is 7.99. The van der Waals surface area contributed by atoms with E-state index in [4.69, 9.17) is 5.73 Å². The van der Waals surface area contributed by atoms with Crippen molar-refractivity contribution < 1.29 is 8.42 Å². The van der Waals surface area contributed by atoms with Crippen molar-refractivity contribution >= 4 is 32.9 Å². The number of hydrogen-bond acceptors (Lipinski definition) is 6. The third kappa shape index (κ3) is 2.53. The van der Waals surface area contributed by atoms with Crippen LogP contribution in [-0.4, -0.2) is 18.4 Å². The average Bonchev–Trinajstić information content (AvgIpc) is 2.69. The van der Waals surface area contributed by atoms with Crippen LogP contribution < -0.4 is 10.5 Å². The normalized spacial score (nSPS) is 11.4. The van der Waals surface area contributed by atoms with Gasteiger partial charge in [-0.2, -0.15) is 0 Å². The van der Waals surface area contributed by atoms with Crippen LogP contribution in [0, 0.1) is 6.92 Å². The number of pyridine rings is 1. The van der Waals surface area contributed by atoms with E-state index in [1.165, 1.54) is 12.4 Å². The van der Waals surface area contributed by atoms with Crippen LogP contribution in [0.2, 0.25) is 0 Å². The number of aromatic nitrogens is 2. The Morgan fingerprint density at radius 2 is 2.18 bits per heavy atom. The maximum Gasteiger partial charge on any atom is 0.274 e. The standard InChI is InChI=1S/C9H10N4O2S2/c1-6-12-5-8(16-6)17(14,15)13-9-7(10)3-2-4-11-9/h2-5H,10H2,1H3,(H,11,13). The maximum absolute atomic E-state index is 11.9. The molecule has 0 aliphatic heterocycles. The van der Waals surface area contributed by atoms with Crippen LogP contribution >= 0.6 is 11.3 Å². The molecule has 17 heavy (non-hydrogen) atoms. The van der Waals surface area contributed by atoms with Gasteiger partial charge in [-0.15, -0.1) is 11.3 Å². The zero-order valence-corrected chi connectivity index (χ0v) is 10.5. The topological polar surface area (TPSA) is 98.0 Å². The summed E-state index contributed by atoms with van der Waals surface area (Å²) in [6.07, 6.45) is 2.77. The molecule has 0 saturated carbocycles. The highest BCUT2D eigenvalue weighted by Crippen LogP contribution is 2.22. The van der Waals surface area contributed by atoms with Crippen LogP contribution in [0.5, 0.6) is 0 Å². The van der Waals surface area contributed by atoms with Gasteiger partial charge in [0.1, 0.15) is 0 Å². The van der Waals surface area contributed by atoms with E-state index in [2.05, 4.69) is 14.7 Å². The van der Waals surface area contributed by atoms with Gasteiger partial charge in [-0.25, -0.2) is 18.4 Å². The van der Waals surface area contributed by atoms with Crippen molar-refractivity contribution in [3.63, 3.8) is 0 Å². The molecule has 0 atom stereocenters. The summed E-state index contributed by atoms with van der Waals surface area (Å²) >= 11 is 1.09. The lowest BCUT2D eigenvalue weighted by Crippen LogP contribution is -2.13. The van der Waals surface area contributed by atoms with Crippen LogP contribution in [0.25, 0.3) is 0 Å². The van der Waals surface area contributed by atoms with Gasteiger partial charge in [0.2, 0.25) is 0 Å². The van der Waals surface area contributed by atoms with Crippen molar-refractivity contribution in [2.45, 2.75) is 11.1 Å². The maximum atomic E-state index is 11.9. The molecule has 2 aromatic heterocycles. The second-order valence-electron chi connectivity index (χ2n) is 3.25. The summed E-state index contributed by atoms with van der Waals surface area (Å²) in [5.41, 5.74) is 5.88. The first-order valence-electron chi connectivity index (χ1n) is 4.65. The van der Waals surface area contributed by atoms with E-state index in [1.807, 2.05) is 0 Å². The molecule has 90 valence electrons. The summed E-state index contributed by atoms with van der Waals surface area (Å²) in [6, 6.07) is 3.20. The molecule has 0 unspecified atom stereocenters. The fourth-order valence-electron chi connectivity index (χ4n) is 1.15. The second kappa shape index (κ2) is 4.30. The van der Waals surface area contributed by atoms with Gasteiger partial charge in [0.05, 0.1) is 16.9 Å². The number of hydrogen-bond donors (Lipinski definition) is 2. The summed E-state index contributed by atoms with van der Waals surface area (Å²) in [7, 11) is -3.65. The number of nitrogens with one attached hydrogen (secondary N) is 1. The largest absolute Gasteiger partial charge is 0.396 e. The van der Waals surface area contributed by atoms with Gasteiger partial charge in [-0.05, 0) is 19.1 Å². The Morgan fingerprint density at radius 3 is 2.76 bits per heavy atom. The molecule has 8 heteroatoms. The molecule has 2 heterocycles. The van der Waals surface area contributed by atoms with Crippen LogP contribution in [-0.2, 0) is 10.0 Å². The van der Waals surface area contributed by atoms with Gasteiger partial charge in [0.25, 0.3) is 10.0 Å². The third-order valence-corrected chi connectivity index (χ3v) is 4.65. The summed E-state index contributed by atoms with van der Waals surface area (Å²) in [5, 5.41) is 0.680. The van der Waals surface area contributed by atoms with Crippen molar-refractivity contribution in [2.75, 3.05) is 10.5 Å². The van der Waals surface area contributed by atoms with Crippen molar-refractivity contribution in [3.05, 3.63) is 29.5 Å². The first-order valence-corrected chi connectivity index (χ1v) is 6.95. The third-order valence-electron chi connectivity index (χ3n) is 1.93. The highest BCUT2D eigenvalue weighted by atomic mass is 32.2. The molecule has 0 aliphatic rings. The first kappa shape index (κ1) is 11.8. The SMILES string of the molecule is Cc1ncc(S(=O)(=O)Nc2ncccc2N)s1. The minimum atomic E-state index is -3.65. The van der Waals surface area contributed by atoms with Crippen molar-refractivity contribution in [3.8, 4) is 0 Å². The fraction of sp³-hybridized carbons (Fsp3) is 0.111. The summed E-state index contributed by atoms with van der Waals surface area (Å²) < 4.78 is 26.3. The van der Waals surface area contributed by atoms with Crippen LogP contribution in [0.15, 0.2) is 28.7 Å². The molecule has 3 N–H and O–H groups in total. The number of aryl methyl sites for hydroxylation is 1. The molecule has 2 rings (SSSR count). The Kier molecular flexibility index (Phi) is 2.99. The second-order valence-corrected chi connectivity index (χ2v) is 6.39. The van der Waals surface area contributed by atoms with E-state index >= 15 is 0 Å². The Labute approximate surface area is 103 Å². The Morgan fingerprint density at radius 1 is 1.41 bits per heavy atom. The van der Waals surface area contributed by atoms with E-state index in [0.29, 0.717) is 5.01 Å². The molecule has 0 fully saturated rings. The van der Waals surface area contributed by atoms with Gasteiger partial charge < -0.3 is 5.73 Å². The summed E-state index contributed by atoms with van der Waals surface area (Å²) in [6.45, 7) is 1.73. The number of sulfonamides is 1. The number of nitrogens with zero attached hydrogens (tertiary/aromatic N) is 2. The van der Waals surface area contributed by atoms with Gasteiger partial charge >= 0.3 is 0 Å². The predicted molar refractivity (Wildman–Crippen MR) is 66.3 cm³/mol. The van der Waals surface area contributed by atoms with Crippen molar-refractivity contribution in [1.29, 1.82) is 0 Å². The molecule has 0 bridgehead atoms. The van der Waals surface area contributed by atoms with E-state index in [9.17, 15) is 8.42 Å². The summed E-state index contributed by atoms with van der Waals surface area (Å²) in [4.78, 5) is 7.76. The minimum absolute atomic E-state index is 0.124. The van der Waals surface area contributed by atoms with E-state index in [1.54, 1.807) is 19.1 Å². The van der Waals surface area contributed by atoms with Gasteiger partial charge in [-0.1, -0.05) is 0 Å². The lowest BCUT2D eigenvalue weighted by Gasteiger charge is -2.06. The van der Waals surface area contributed by atoms with E-state index in [0.717, 1.165) is 11.3 Å². The monoisotopic (exact) mass is 270 g/mol. The molecule has 0 amide bonds. The van der Waals surface area contributed by atoms with Gasteiger partial charge in [-0.3, -0.25) is 4.72 Å². The Hall–Kier alpha value is -1.67. The molecule has 0 aliphatic carbocycles. The minimum Gasteiger partial charge on any atom is -0.396 e. The molecule has 6 nitrogen and oxygen atoms in total. The quantitative estimate of drug-likeness (QED) is 0.874. The van der Waals surface area contributed by atoms with Gasteiger partial charge in [0.15, 0.2) is 10.0 Å². The van der Waals surface area contributed by atoms with E-state index < -0.39 is 10.0 Å². The average molecular weight is 270 g/mol. The van der Waals surface area contributed by atoms with Crippen LogP contribution in [0.3, 0.4) is 0 Å². The molecule has 0 saturated heterocycles. The lowest BCUT2D eigenvalue weighted by molar-refractivity contribution is 0.603. The van der Waals surface area contributed by atoms with E-state index in [-0.39, 0.29) is 15.7 Å². The summed E-state index contributed by atoms with van der Waals surface area (Å²) in [5.74, 6) is 0.124. The molecule has 2 aromatic rings. The lowest BCUT2D eigenvalue weighted by atomic mass is 10.4. The fourth-order valence-corrected chi connectivity index (χ4v) is 3.29. The Bertz CT molecular complexity index is 636. The molecular formula is C9H10N4O2S2. The molecule has 0 radical (unpaired) electrons. The van der Waals surface area contributed by atoms with Crippen molar-refractivity contribution in [1.82, 2.24) is 9.97 Å². The van der Waals surface area contributed by atoms with Crippen LogP contribution in [0.1, 0.15) is 5.01 Å². The Balaban J connectivity index is 2.33. The molecule has 0 aromatic carbocycles. The zero-order chi connectivity index (χ0) is 12.5. The van der Waals surface area contributed by atoms with Crippen LogP contribution in [0.4, 0.5) is 11.5 Å². The van der Waals surface area contributed by atoms with Crippen molar-refractivity contribution in [2.24, 2.45) is 0 Å². The number of nitrogen functional groups attached to an aromatic ring is 1. The smallest absolute Gasteiger partial charge is 0.274 e. The number of nitrogens with two attached hydrogens (primary N) is 1. The molecule has 0 spiro atoms. The number of anilines is 2. The predicted octanol–water partition coefficient (Wildman–Crippen LogP) is 1.23. The number of rotatable bonds is 3. The molecular weight excluding hydrogens is 260 g/mol. The highest BCUT2D eigenvalue weighted by molar-refractivity contribution is 7.94. The highest BCUT2D eigenvalue weighted by Gasteiger charge is 2.18. The van der Waals surface area contributed by atoms with Gasteiger partial charge in [0, 0.05) is 6.20 Å². The zero-order valence-electron chi connectivity index (χ0n) is 8.91.